The number of ether oxygens (including phenoxy) is 1. The van der Waals surface area contributed by atoms with Crippen LogP contribution in [0, 0.1) is 0 Å². The maximum Gasteiger partial charge on any atom is 0.233 e. The number of unbranched alkanes of at least 4 members (excludes halogenated alkanes) is 1. The van der Waals surface area contributed by atoms with Crippen LogP contribution < -0.4 is 4.74 Å². The summed E-state index contributed by atoms with van der Waals surface area (Å²) in [5.74, 6) is 0.845. The van der Waals surface area contributed by atoms with Crippen molar-refractivity contribution in [3.63, 3.8) is 0 Å². The van der Waals surface area contributed by atoms with Crippen LogP contribution in [-0.4, -0.2) is 40.2 Å². The summed E-state index contributed by atoms with van der Waals surface area (Å²) in [5.41, 5.74) is 0. The Balaban J connectivity index is 1.75. The predicted octanol–water partition coefficient (Wildman–Crippen LogP) is 2.04. The van der Waals surface area contributed by atoms with E-state index in [0.717, 1.165) is 38.8 Å². The van der Waals surface area contributed by atoms with Crippen LogP contribution in [0.4, 0.5) is 0 Å². The molecule has 0 spiro atoms. The van der Waals surface area contributed by atoms with Gasteiger partial charge < -0.3 is 9.64 Å². The van der Waals surface area contributed by atoms with E-state index >= 15 is 0 Å². The Bertz CT molecular complexity index is 389. The molecule has 1 aromatic heterocycles. The molecule has 1 amide bonds. The monoisotopic (exact) mass is 263 g/mol. The van der Waals surface area contributed by atoms with Crippen LogP contribution >= 0.6 is 0 Å². The number of hydrogen-bond donors (Lipinski definition) is 0. The third-order valence-corrected chi connectivity index (χ3v) is 3.37. The smallest absolute Gasteiger partial charge is 0.233 e. The molecule has 1 aromatic rings. The molecule has 0 atom stereocenters. The fourth-order valence-electron chi connectivity index (χ4n) is 2.23. The van der Waals surface area contributed by atoms with Gasteiger partial charge in [0.25, 0.3) is 0 Å². The van der Waals surface area contributed by atoms with Gasteiger partial charge in [-0.15, -0.1) is 5.10 Å². The SMILES string of the molecule is CCCCC(=O)N1CCC(Oc2cccnn2)CC1. The van der Waals surface area contributed by atoms with Crippen LogP contribution in [0.3, 0.4) is 0 Å². The summed E-state index contributed by atoms with van der Waals surface area (Å²) in [4.78, 5) is 13.8. The molecule has 19 heavy (non-hydrogen) atoms. The lowest BCUT2D eigenvalue weighted by Gasteiger charge is -2.31. The Morgan fingerprint density at radius 1 is 1.47 bits per heavy atom. The highest BCUT2D eigenvalue weighted by Crippen LogP contribution is 2.17. The van der Waals surface area contributed by atoms with Crippen LogP contribution in [0.25, 0.3) is 0 Å². The highest BCUT2D eigenvalue weighted by molar-refractivity contribution is 5.76. The van der Waals surface area contributed by atoms with Gasteiger partial charge in [-0.3, -0.25) is 4.79 Å². The van der Waals surface area contributed by atoms with Crippen molar-refractivity contribution in [2.45, 2.75) is 45.1 Å². The van der Waals surface area contributed by atoms with Gasteiger partial charge in [0.2, 0.25) is 11.8 Å². The lowest BCUT2D eigenvalue weighted by Crippen LogP contribution is -2.41. The van der Waals surface area contributed by atoms with Crippen molar-refractivity contribution in [1.82, 2.24) is 15.1 Å². The van der Waals surface area contributed by atoms with Crippen molar-refractivity contribution in [2.75, 3.05) is 13.1 Å². The van der Waals surface area contributed by atoms with Gasteiger partial charge in [0, 0.05) is 44.6 Å². The lowest BCUT2D eigenvalue weighted by atomic mass is 10.1. The molecule has 0 radical (unpaired) electrons. The number of amides is 1. The average Bonchev–Trinajstić information content (AvgIpc) is 2.46. The largest absolute Gasteiger partial charge is 0.473 e. The van der Waals surface area contributed by atoms with E-state index in [1.807, 2.05) is 17.0 Å². The number of likely N-dealkylation sites (tertiary alicyclic amines) is 1. The summed E-state index contributed by atoms with van der Waals surface area (Å²) in [6, 6.07) is 3.62. The molecular formula is C14H21N3O2. The first-order valence-corrected chi connectivity index (χ1v) is 7.01. The first-order chi connectivity index (χ1) is 9.29. The first-order valence-electron chi connectivity index (χ1n) is 7.01. The van der Waals surface area contributed by atoms with E-state index < -0.39 is 0 Å². The molecule has 0 aliphatic carbocycles. The zero-order valence-corrected chi connectivity index (χ0v) is 11.4. The van der Waals surface area contributed by atoms with Gasteiger partial charge in [0.1, 0.15) is 6.10 Å². The molecule has 1 aliphatic heterocycles. The normalized spacial score (nSPS) is 16.4. The second-order valence-corrected chi connectivity index (χ2v) is 4.86. The van der Waals surface area contributed by atoms with E-state index in [2.05, 4.69) is 17.1 Å². The van der Waals surface area contributed by atoms with Crippen molar-refractivity contribution in [3.05, 3.63) is 18.3 Å². The topological polar surface area (TPSA) is 55.3 Å². The van der Waals surface area contributed by atoms with Gasteiger partial charge in [-0.2, -0.15) is 5.10 Å². The molecule has 1 saturated heterocycles. The van der Waals surface area contributed by atoms with E-state index in [4.69, 9.17) is 4.74 Å². The molecule has 0 aromatic carbocycles. The number of rotatable bonds is 5. The molecule has 1 fully saturated rings. The molecule has 5 heteroatoms. The number of piperidine rings is 1. The minimum Gasteiger partial charge on any atom is -0.473 e. The van der Waals surface area contributed by atoms with Crippen molar-refractivity contribution in [1.29, 1.82) is 0 Å². The summed E-state index contributed by atoms with van der Waals surface area (Å²) in [6.07, 6.45) is 6.23. The van der Waals surface area contributed by atoms with E-state index in [9.17, 15) is 4.79 Å². The summed E-state index contributed by atoms with van der Waals surface area (Å²) in [6.45, 7) is 3.68. The molecular weight excluding hydrogens is 242 g/mol. The Morgan fingerprint density at radius 3 is 2.89 bits per heavy atom. The highest BCUT2D eigenvalue weighted by Gasteiger charge is 2.23. The maximum atomic E-state index is 11.9. The summed E-state index contributed by atoms with van der Waals surface area (Å²) in [7, 11) is 0. The van der Waals surface area contributed by atoms with Crippen LogP contribution in [-0.2, 0) is 4.79 Å². The molecule has 0 N–H and O–H groups in total. The van der Waals surface area contributed by atoms with Crippen LogP contribution in [0.5, 0.6) is 5.88 Å². The molecule has 104 valence electrons. The predicted molar refractivity (Wildman–Crippen MR) is 71.8 cm³/mol. The second kappa shape index (κ2) is 7.07. The minimum atomic E-state index is 0.145. The van der Waals surface area contributed by atoms with E-state index in [0.29, 0.717) is 12.3 Å². The number of carbonyl (C=O) groups excluding carboxylic acids is 1. The van der Waals surface area contributed by atoms with Crippen LogP contribution in [0.15, 0.2) is 18.3 Å². The molecule has 5 nitrogen and oxygen atoms in total. The lowest BCUT2D eigenvalue weighted by molar-refractivity contribution is -0.133. The van der Waals surface area contributed by atoms with Gasteiger partial charge in [0.05, 0.1) is 0 Å². The van der Waals surface area contributed by atoms with Gasteiger partial charge in [-0.25, -0.2) is 0 Å². The van der Waals surface area contributed by atoms with E-state index in [1.165, 1.54) is 0 Å². The molecule has 2 heterocycles. The van der Waals surface area contributed by atoms with Crippen molar-refractivity contribution < 1.29 is 9.53 Å². The molecule has 2 rings (SSSR count). The van der Waals surface area contributed by atoms with Crippen molar-refractivity contribution in [2.24, 2.45) is 0 Å². The Hall–Kier alpha value is -1.65. The first kappa shape index (κ1) is 13.8. The third kappa shape index (κ3) is 4.19. The van der Waals surface area contributed by atoms with Gasteiger partial charge in [-0.1, -0.05) is 13.3 Å². The minimum absolute atomic E-state index is 0.145. The van der Waals surface area contributed by atoms with Gasteiger partial charge >= 0.3 is 0 Å². The molecule has 0 saturated carbocycles. The maximum absolute atomic E-state index is 11.9. The van der Waals surface area contributed by atoms with Crippen molar-refractivity contribution >= 4 is 5.91 Å². The molecule has 1 aliphatic rings. The van der Waals surface area contributed by atoms with E-state index in [1.54, 1.807) is 6.20 Å². The summed E-state index contributed by atoms with van der Waals surface area (Å²) in [5, 5.41) is 7.70. The number of aromatic nitrogens is 2. The van der Waals surface area contributed by atoms with E-state index in [-0.39, 0.29) is 12.0 Å². The quantitative estimate of drug-likeness (QED) is 0.815. The Morgan fingerprint density at radius 2 is 2.26 bits per heavy atom. The summed E-state index contributed by atoms with van der Waals surface area (Å²) >= 11 is 0. The standard InChI is InChI=1S/C14H21N3O2/c1-2-3-6-14(18)17-10-7-12(8-11-17)19-13-5-4-9-15-16-13/h4-5,9,12H,2-3,6-8,10-11H2,1H3. The fourth-order valence-corrected chi connectivity index (χ4v) is 2.23. The van der Waals surface area contributed by atoms with Crippen molar-refractivity contribution in [3.8, 4) is 5.88 Å². The van der Waals surface area contributed by atoms with Gasteiger partial charge in [-0.05, 0) is 12.5 Å². The summed E-state index contributed by atoms with van der Waals surface area (Å²) < 4.78 is 5.75. The fraction of sp³-hybridized carbons (Fsp3) is 0.643. The number of nitrogens with zero attached hydrogens (tertiary/aromatic N) is 3. The molecule has 0 unspecified atom stereocenters. The van der Waals surface area contributed by atoms with Gasteiger partial charge in [0.15, 0.2) is 0 Å². The second-order valence-electron chi connectivity index (χ2n) is 4.86. The zero-order chi connectivity index (χ0) is 13.5. The zero-order valence-electron chi connectivity index (χ0n) is 11.4. The van der Waals surface area contributed by atoms with Crippen LogP contribution in [0.1, 0.15) is 39.0 Å². The Labute approximate surface area is 114 Å². The average molecular weight is 263 g/mol. The highest BCUT2D eigenvalue weighted by atomic mass is 16.5. The van der Waals surface area contributed by atoms with Crippen LogP contribution in [0.2, 0.25) is 0 Å². The third-order valence-electron chi connectivity index (χ3n) is 3.37. The number of hydrogen-bond acceptors (Lipinski definition) is 4. The molecule has 0 bridgehead atoms. The number of carbonyl (C=O) groups is 1. The Kier molecular flexibility index (Phi) is 5.12.